The molecule has 294 valence electrons. The number of nitrogens with two attached hydrogens (primary N) is 2. The molecule has 1 heterocycles. The van der Waals surface area contributed by atoms with Crippen LogP contribution in [0.1, 0.15) is 66.9 Å². The van der Waals surface area contributed by atoms with Gasteiger partial charge < -0.3 is 47.8 Å². The Kier molecular flexibility index (Phi) is 16.3. The van der Waals surface area contributed by atoms with Gasteiger partial charge in [-0.3, -0.25) is 43.3 Å². The number of phenols is 1. The molecular formula is C35H54N8O10. The van der Waals surface area contributed by atoms with Crippen molar-refractivity contribution in [2.75, 3.05) is 13.2 Å². The van der Waals surface area contributed by atoms with E-state index >= 15 is 0 Å². The smallest absolute Gasteiger partial charge is 0.252 e. The number of aliphatic hydroxyl groups is 1. The van der Waals surface area contributed by atoms with Gasteiger partial charge in [0.1, 0.15) is 48.0 Å². The Morgan fingerprint density at radius 2 is 1.38 bits per heavy atom. The van der Waals surface area contributed by atoms with E-state index in [9.17, 15) is 43.5 Å². The third kappa shape index (κ3) is 12.0. The quantitative estimate of drug-likeness (QED) is 0.0844. The number of hydrogen-bond acceptors (Lipinski definition) is 11. The van der Waals surface area contributed by atoms with E-state index in [4.69, 9.17) is 16.6 Å². The minimum absolute atomic E-state index is 0.0352. The van der Waals surface area contributed by atoms with Gasteiger partial charge in [0, 0.05) is 19.9 Å². The van der Waals surface area contributed by atoms with Crippen LogP contribution in [0.25, 0.3) is 0 Å². The standard InChI is InChI=1S/C35H54N8O10/c1-17(2)27(29(37)47)41-33(51)28(18(3)4)43(21(7)45)35(53)26-9-8-14-42(26)34(52)25(15-22-10-12-23(46)13-11-22)40-31(49)20(6)38-30(48)19(5)39-32(50)24(36)16-44/h10-13,17-20,24-28,44,46H,8-9,14-16,36H2,1-7H3,(H2,37,47)(H,38,48)(H,39,50)(H,40,49)(H,41,51)/t19-,20-,24-,25-,26-,27-,28-/m0/s1. The second kappa shape index (κ2) is 19.7. The fourth-order valence-electron chi connectivity index (χ4n) is 5.90. The molecule has 2 rings (SSSR count). The van der Waals surface area contributed by atoms with Gasteiger partial charge in [0.05, 0.1) is 6.61 Å². The third-order valence-electron chi connectivity index (χ3n) is 8.88. The highest BCUT2D eigenvalue weighted by molar-refractivity contribution is 6.04. The van der Waals surface area contributed by atoms with Crippen molar-refractivity contribution in [1.29, 1.82) is 0 Å². The molecule has 0 aliphatic carbocycles. The SMILES string of the molecule is CC(=O)N(C(=O)[C@@H]1CCCN1C(=O)[C@H](Cc1ccc(O)cc1)NC(=O)[C@H](C)NC(=O)[C@H](C)NC(=O)[C@@H](N)CO)[C@H](C(=O)N[C@H](C(N)=O)C(C)C)C(C)C. The number of amides is 8. The first-order valence-electron chi connectivity index (χ1n) is 17.5. The zero-order chi connectivity index (χ0) is 40.3. The van der Waals surface area contributed by atoms with Gasteiger partial charge in [-0.25, -0.2) is 0 Å². The molecule has 0 radical (unpaired) electrons. The minimum Gasteiger partial charge on any atom is -0.508 e. The summed E-state index contributed by atoms with van der Waals surface area (Å²) in [4.78, 5) is 107. The zero-order valence-electron chi connectivity index (χ0n) is 31.3. The first-order valence-corrected chi connectivity index (χ1v) is 17.5. The number of aromatic hydroxyl groups is 1. The van der Waals surface area contributed by atoms with Gasteiger partial charge in [-0.05, 0) is 56.2 Å². The van der Waals surface area contributed by atoms with E-state index < -0.39 is 102 Å². The third-order valence-corrected chi connectivity index (χ3v) is 8.88. The molecule has 0 spiro atoms. The highest BCUT2D eigenvalue weighted by Gasteiger charge is 2.45. The van der Waals surface area contributed by atoms with Gasteiger partial charge >= 0.3 is 0 Å². The van der Waals surface area contributed by atoms with Crippen molar-refractivity contribution < 1.29 is 48.6 Å². The van der Waals surface area contributed by atoms with Gasteiger partial charge in [-0.2, -0.15) is 0 Å². The maximum atomic E-state index is 14.3. The summed E-state index contributed by atoms with van der Waals surface area (Å²) in [5, 5.41) is 28.8. The number of primary amides is 1. The number of aliphatic hydroxyl groups excluding tert-OH is 1. The van der Waals surface area contributed by atoms with Crippen molar-refractivity contribution in [1.82, 2.24) is 31.1 Å². The molecule has 10 N–H and O–H groups in total. The molecule has 18 heteroatoms. The number of likely N-dealkylation sites (tertiary alicyclic amines) is 1. The number of hydrogen-bond donors (Lipinski definition) is 8. The Labute approximate surface area is 308 Å². The molecule has 1 aliphatic rings. The average molecular weight is 747 g/mol. The summed E-state index contributed by atoms with van der Waals surface area (Å²) < 4.78 is 0. The first kappa shape index (κ1) is 44.1. The number of nitrogens with zero attached hydrogens (tertiary/aromatic N) is 2. The molecule has 1 aromatic rings. The van der Waals surface area contributed by atoms with Crippen molar-refractivity contribution in [2.24, 2.45) is 23.3 Å². The number of nitrogens with one attached hydrogen (secondary N) is 4. The Morgan fingerprint density at radius 3 is 1.87 bits per heavy atom. The average Bonchev–Trinajstić information content (AvgIpc) is 3.58. The molecule has 0 saturated carbocycles. The van der Waals surface area contributed by atoms with Crippen molar-refractivity contribution >= 4 is 47.3 Å². The summed E-state index contributed by atoms with van der Waals surface area (Å²) in [6.07, 6.45) is 0.414. The van der Waals surface area contributed by atoms with Crippen molar-refractivity contribution in [3.8, 4) is 5.75 Å². The second-order valence-corrected chi connectivity index (χ2v) is 13.9. The van der Waals surface area contributed by atoms with Gasteiger partial charge in [-0.15, -0.1) is 0 Å². The molecular weight excluding hydrogens is 692 g/mol. The fraction of sp³-hybridized carbons (Fsp3) is 0.600. The van der Waals surface area contributed by atoms with E-state index in [1.54, 1.807) is 39.8 Å². The predicted molar refractivity (Wildman–Crippen MR) is 191 cm³/mol. The van der Waals surface area contributed by atoms with Crippen LogP contribution >= 0.6 is 0 Å². The second-order valence-electron chi connectivity index (χ2n) is 13.9. The molecule has 0 unspecified atom stereocenters. The maximum absolute atomic E-state index is 14.3. The van der Waals surface area contributed by atoms with E-state index in [0.717, 1.165) is 11.8 Å². The van der Waals surface area contributed by atoms with E-state index in [2.05, 4.69) is 21.3 Å². The lowest BCUT2D eigenvalue weighted by Crippen LogP contribution is -2.62. The van der Waals surface area contributed by atoms with Crippen molar-refractivity contribution in [3.05, 3.63) is 29.8 Å². The summed E-state index contributed by atoms with van der Waals surface area (Å²) in [5.41, 5.74) is 11.5. The number of carbonyl (C=O) groups excluding carboxylic acids is 8. The summed E-state index contributed by atoms with van der Waals surface area (Å²) in [7, 11) is 0. The first-order chi connectivity index (χ1) is 24.7. The molecule has 1 aliphatic heterocycles. The number of carbonyl (C=O) groups is 8. The normalized spacial score (nSPS) is 17.5. The molecule has 0 bridgehead atoms. The van der Waals surface area contributed by atoms with Crippen molar-refractivity contribution in [2.45, 2.75) is 110 Å². The van der Waals surface area contributed by atoms with Gasteiger partial charge in [0.25, 0.3) is 5.91 Å². The van der Waals surface area contributed by atoms with Crippen LogP contribution < -0.4 is 32.7 Å². The molecule has 7 atom stereocenters. The van der Waals surface area contributed by atoms with E-state index in [1.807, 2.05) is 0 Å². The Bertz CT molecular complexity index is 1520. The van der Waals surface area contributed by atoms with Crippen LogP contribution in [0.15, 0.2) is 24.3 Å². The Balaban J connectivity index is 2.38. The Morgan fingerprint density at radius 1 is 0.830 bits per heavy atom. The lowest BCUT2D eigenvalue weighted by molar-refractivity contribution is -0.157. The van der Waals surface area contributed by atoms with E-state index in [1.165, 1.54) is 30.9 Å². The number of phenolic OH excluding ortho intramolecular Hbond substituents is 1. The summed E-state index contributed by atoms with van der Waals surface area (Å²) in [5.74, 6) is -7.14. The van der Waals surface area contributed by atoms with E-state index in [-0.39, 0.29) is 31.1 Å². The van der Waals surface area contributed by atoms with Crippen molar-refractivity contribution in [3.63, 3.8) is 0 Å². The predicted octanol–water partition coefficient (Wildman–Crippen LogP) is -2.23. The van der Waals surface area contributed by atoms with Gasteiger partial charge in [-0.1, -0.05) is 39.8 Å². The number of benzene rings is 1. The summed E-state index contributed by atoms with van der Waals surface area (Å²) >= 11 is 0. The molecule has 1 saturated heterocycles. The van der Waals surface area contributed by atoms with Crippen LogP contribution in [-0.2, 0) is 44.8 Å². The van der Waals surface area contributed by atoms with Gasteiger partial charge in [0.15, 0.2) is 0 Å². The lowest BCUT2D eigenvalue weighted by Gasteiger charge is -2.36. The monoisotopic (exact) mass is 746 g/mol. The lowest BCUT2D eigenvalue weighted by atomic mass is 9.97. The van der Waals surface area contributed by atoms with Crippen LogP contribution in [0.3, 0.4) is 0 Å². The fourth-order valence-corrected chi connectivity index (χ4v) is 5.90. The Hall–Kier alpha value is -5.10. The van der Waals surface area contributed by atoms with E-state index in [0.29, 0.717) is 12.0 Å². The number of imide groups is 1. The molecule has 0 aromatic heterocycles. The highest BCUT2D eigenvalue weighted by atomic mass is 16.3. The summed E-state index contributed by atoms with van der Waals surface area (Å²) in [6, 6.07) is -2.63. The van der Waals surface area contributed by atoms with Crippen LogP contribution in [-0.4, -0.2) is 123 Å². The largest absolute Gasteiger partial charge is 0.508 e. The molecule has 8 amide bonds. The van der Waals surface area contributed by atoms with Gasteiger partial charge in [0.2, 0.25) is 41.4 Å². The zero-order valence-corrected chi connectivity index (χ0v) is 31.3. The molecule has 1 fully saturated rings. The summed E-state index contributed by atoms with van der Waals surface area (Å²) in [6.45, 7) is 9.87. The number of rotatable bonds is 17. The van der Waals surface area contributed by atoms with Crippen LogP contribution in [0.5, 0.6) is 5.75 Å². The molecule has 18 nitrogen and oxygen atoms in total. The topological polar surface area (TPSA) is 284 Å². The maximum Gasteiger partial charge on any atom is 0.252 e. The van der Waals surface area contributed by atoms with Crippen LogP contribution in [0.4, 0.5) is 0 Å². The highest BCUT2D eigenvalue weighted by Crippen LogP contribution is 2.25. The molecule has 53 heavy (non-hydrogen) atoms. The van der Waals surface area contributed by atoms with Crippen LogP contribution in [0.2, 0.25) is 0 Å². The molecule has 1 aromatic carbocycles. The minimum atomic E-state index is -1.35. The van der Waals surface area contributed by atoms with Crippen LogP contribution in [0, 0.1) is 11.8 Å².